The van der Waals surface area contributed by atoms with Crippen LogP contribution in [0, 0.1) is 52.3 Å². The van der Waals surface area contributed by atoms with Crippen molar-refractivity contribution in [3.8, 4) is 0 Å². The third-order valence-corrected chi connectivity index (χ3v) is 12.1. The minimum atomic E-state index is -0.601. The Kier molecular flexibility index (Phi) is 10.3. The van der Waals surface area contributed by atoms with Gasteiger partial charge >= 0.3 is 12.1 Å². The van der Waals surface area contributed by atoms with Crippen LogP contribution in [0.1, 0.15) is 118 Å². The topological polar surface area (TPSA) is 73.9 Å². The zero-order chi connectivity index (χ0) is 28.2. The molecule has 0 amide bonds. The number of rotatable bonds is 11. The van der Waals surface area contributed by atoms with Gasteiger partial charge in [0.05, 0.1) is 13.5 Å². The van der Waals surface area contributed by atoms with E-state index in [-0.39, 0.29) is 25.2 Å². The number of hydrogen-bond donors (Lipinski definition) is 1. The van der Waals surface area contributed by atoms with Crippen LogP contribution in [0.5, 0.6) is 0 Å². The average molecular weight is 548 g/mol. The smallest absolute Gasteiger partial charge is 0.469 e. The van der Waals surface area contributed by atoms with E-state index in [2.05, 4.69) is 44.7 Å². The Balaban J connectivity index is 1.27. The van der Waals surface area contributed by atoms with Crippen molar-refractivity contribution in [1.82, 2.24) is 5.32 Å². The molecule has 0 heterocycles. The standard InChI is InChI=1S/C33H57NO5/c1-22(2)8-7-9-23(3)27-12-13-28-26-11-10-24-20-25(39-31(36)38-21-34-19-16-30(35)37-6)14-17-32(24,4)29(26)15-18-33(27,28)5/h22-29,34H,7-21H2,1-6H3/t23-,24?,25?,26?,27-,28?,29?,32+,33-/m1/s1. The molecule has 6 heteroatoms. The summed E-state index contributed by atoms with van der Waals surface area (Å²) in [6, 6.07) is 0. The third-order valence-electron chi connectivity index (χ3n) is 12.1. The van der Waals surface area contributed by atoms with Gasteiger partial charge in [0.15, 0.2) is 0 Å². The number of methoxy groups -OCH3 is 1. The second-order valence-electron chi connectivity index (χ2n) is 14.6. The van der Waals surface area contributed by atoms with Crippen LogP contribution in [-0.2, 0) is 19.0 Å². The van der Waals surface area contributed by atoms with Gasteiger partial charge in [-0.2, -0.15) is 0 Å². The molecule has 4 aliphatic rings. The molecule has 4 aliphatic carbocycles. The SMILES string of the molecule is COC(=O)CCNCOC(=O)OC1CC[C@@]2(C)C(CCC3C2CC[C@@]2(C)C3CC[C@@H]2[C@H](C)CCCC(C)C)C1. The monoisotopic (exact) mass is 547 g/mol. The molecule has 224 valence electrons. The molecule has 0 radical (unpaired) electrons. The largest absolute Gasteiger partial charge is 0.509 e. The van der Waals surface area contributed by atoms with E-state index in [1.807, 2.05) is 0 Å². The van der Waals surface area contributed by atoms with Gasteiger partial charge < -0.3 is 14.2 Å². The summed E-state index contributed by atoms with van der Waals surface area (Å²) in [5, 5.41) is 2.92. The van der Waals surface area contributed by atoms with E-state index in [0.29, 0.717) is 23.3 Å². The molecular formula is C33H57NO5. The first-order valence-electron chi connectivity index (χ1n) is 16.2. The second-order valence-corrected chi connectivity index (χ2v) is 14.6. The first kappa shape index (κ1) is 30.7. The van der Waals surface area contributed by atoms with Crippen molar-refractivity contribution >= 4 is 12.1 Å². The number of carbonyl (C=O) groups is 2. The van der Waals surface area contributed by atoms with Crippen molar-refractivity contribution in [2.24, 2.45) is 52.3 Å². The lowest BCUT2D eigenvalue weighted by Gasteiger charge is -2.61. The summed E-state index contributed by atoms with van der Waals surface area (Å²) in [5.74, 6) is 5.56. The minimum Gasteiger partial charge on any atom is -0.469 e. The number of fused-ring (bicyclic) bond motifs is 5. The van der Waals surface area contributed by atoms with Crippen LogP contribution < -0.4 is 5.32 Å². The predicted octanol–water partition coefficient (Wildman–Crippen LogP) is 7.74. The Labute approximate surface area is 238 Å². The van der Waals surface area contributed by atoms with Crippen LogP contribution in [0.4, 0.5) is 4.79 Å². The molecule has 0 aliphatic heterocycles. The summed E-state index contributed by atoms with van der Waals surface area (Å²) in [5.41, 5.74) is 0.918. The summed E-state index contributed by atoms with van der Waals surface area (Å²) >= 11 is 0. The highest BCUT2D eigenvalue weighted by atomic mass is 16.7. The zero-order valence-electron chi connectivity index (χ0n) is 25.8. The molecule has 0 saturated heterocycles. The zero-order valence-corrected chi connectivity index (χ0v) is 25.8. The number of nitrogens with one attached hydrogen (secondary N) is 1. The van der Waals surface area contributed by atoms with Crippen LogP contribution in [0.25, 0.3) is 0 Å². The fourth-order valence-electron chi connectivity index (χ4n) is 10.00. The van der Waals surface area contributed by atoms with E-state index < -0.39 is 6.16 Å². The molecule has 0 spiro atoms. The van der Waals surface area contributed by atoms with Gasteiger partial charge in [-0.15, -0.1) is 0 Å². The average Bonchev–Trinajstić information content (AvgIpc) is 3.25. The summed E-state index contributed by atoms with van der Waals surface area (Å²) in [4.78, 5) is 23.5. The van der Waals surface area contributed by atoms with E-state index in [4.69, 9.17) is 9.47 Å². The highest BCUT2D eigenvalue weighted by Crippen LogP contribution is 2.68. The van der Waals surface area contributed by atoms with Crippen LogP contribution in [0.15, 0.2) is 0 Å². The highest BCUT2D eigenvalue weighted by molar-refractivity contribution is 5.69. The molecular weight excluding hydrogens is 490 g/mol. The summed E-state index contributed by atoms with van der Waals surface area (Å²) in [6.45, 7) is 13.0. The number of hydrogen-bond acceptors (Lipinski definition) is 6. The summed E-state index contributed by atoms with van der Waals surface area (Å²) in [7, 11) is 1.37. The Morgan fingerprint density at radius 3 is 2.41 bits per heavy atom. The molecule has 0 bridgehead atoms. The molecule has 9 atom stereocenters. The molecule has 5 unspecified atom stereocenters. The molecule has 4 saturated carbocycles. The van der Waals surface area contributed by atoms with Gasteiger partial charge in [0.2, 0.25) is 0 Å². The molecule has 1 N–H and O–H groups in total. The number of esters is 1. The molecule has 0 aromatic heterocycles. The Morgan fingerprint density at radius 1 is 0.923 bits per heavy atom. The Bertz CT molecular complexity index is 831. The molecule has 0 aromatic rings. The predicted molar refractivity (Wildman–Crippen MR) is 154 cm³/mol. The van der Waals surface area contributed by atoms with E-state index in [9.17, 15) is 9.59 Å². The number of carbonyl (C=O) groups excluding carboxylic acids is 2. The Hall–Kier alpha value is -1.30. The molecule has 4 fully saturated rings. The van der Waals surface area contributed by atoms with E-state index in [1.54, 1.807) is 0 Å². The van der Waals surface area contributed by atoms with Crippen molar-refractivity contribution in [2.45, 2.75) is 124 Å². The molecule has 4 rings (SSSR count). The van der Waals surface area contributed by atoms with Gasteiger partial charge in [-0.3, -0.25) is 10.1 Å². The van der Waals surface area contributed by atoms with Gasteiger partial charge in [-0.25, -0.2) is 4.79 Å². The molecule has 39 heavy (non-hydrogen) atoms. The van der Waals surface area contributed by atoms with Crippen LogP contribution in [0.2, 0.25) is 0 Å². The molecule has 6 nitrogen and oxygen atoms in total. The first-order chi connectivity index (χ1) is 18.6. The van der Waals surface area contributed by atoms with E-state index >= 15 is 0 Å². The number of ether oxygens (including phenoxy) is 3. The quantitative estimate of drug-likeness (QED) is 0.162. The maximum atomic E-state index is 12.3. The van der Waals surface area contributed by atoms with Crippen molar-refractivity contribution < 1.29 is 23.8 Å². The van der Waals surface area contributed by atoms with E-state index in [1.165, 1.54) is 64.9 Å². The normalized spacial score (nSPS) is 38.3. The van der Waals surface area contributed by atoms with Gasteiger partial charge in [0.1, 0.15) is 12.8 Å². The van der Waals surface area contributed by atoms with Gasteiger partial charge in [-0.1, -0.05) is 53.9 Å². The highest BCUT2D eigenvalue weighted by Gasteiger charge is 2.60. The minimum absolute atomic E-state index is 0.0430. The van der Waals surface area contributed by atoms with Gasteiger partial charge in [0, 0.05) is 6.54 Å². The van der Waals surface area contributed by atoms with Crippen molar-refractivity contribution in [3.63, 3.8) is 0 Å². The van der Waals surface area contributed by atoms with Crippen molar-refractivity contribution in [3.05, 3.63) is 0 Å². The lowest BCUT2D eigenvalue weighted by atomic mass is 9.44. The second kappa shape index (κ2) is 13.1. The van der Waals surface area contributed by atoms with E-state index in [0.717, 1.165) is 54.8 Å². The van der Waals surface area contributed by atoms with Crippen LogP contribution in [0.3, 0.4) is 0 Å². The fraction of sp³-hybridized carbons (Fsp3) is 0.939. The maximum Gasteiger partial charge on any atom is 0.509 e. The third kappa shape index (κ3) is 6.79. The fourth-order valence-corrected chi connectivity index (χ4v) is 10.00. The first-order valence-corrected chi connectivity index (χ1v) is 16.2. The van der Waals surface area contributed by atoms with Crippen molar-refractivity contribution in [1.29, 1.82) is 0 Å². The van der Waals surface area contributed by atoms with Crippen molar-refractivity contribution in [2.75, 3.05) is 20.4 Å². The van der Waals surface area contributed by atoms with Gasteiger partial charge in [-0.05, 0) is 110 Å². The summed E-state index contributed by atoms with van der Waals surface area (Å²) in [6.07, 6.45) is 15.2. The Morgan fingerprint density at radius 2 is 1.67 bits per heavy atom. The molecule has 0 aromatic carbocycles. The summed E-state index contributed by atoms with van der Waals surface area (Å²) < 4.78 is 15.6. The van der Waals surface area contributed by atoms with Crippen LogP contribution in [-0.4, -0.2) is 38.6 Å². The lowest BCUT2D eigenvalue weighted by molar-refractivity contribution is -0.140. The van der Waals surface area contributed by atoms with Crippen LogP contribution >= 0.6 is 0 Å². The van der Waals surface area contributed by atoms with Gasteiger partial charge in [0.25, 0.3) is 0 Å². The lowest BCUT2D eigenvalue weighted by Crippen LogP contribution is -2.54. The maximum absolute atomic E-state index is 12.3.